The summed E-state index contributed by atoms with van der Waals surface area (Å²) >= 11 is 0. The lowest BCUT2D eigenvalue weighted by molar-refractivity contribution is 0.612. The average Bonchev–Trinajstić information content (AvgIpc) is 2.55. The van der Waals surface area contributed by atoms with Gasteiger partial charge in [-0.05, 0) is 18.4 Å². The highest BCUT2D eigenvalue weighted by Gasteiger charge is 1.96. The Morgan fingerprint density at radius 3 is 2.17 bits per heavy atom. The summed E-state index contributed by atoms with van der Waals surface area (Å²) in [7, 11) is 0. The van der Waals surface area contributed by atoms with Gasteiger partial charge in [-0.2, -0.15) is 0 Å². The van der Waals surface area contributed by atoms with Crippen LogP contribution in [0.3, 0.4) is 0 Å². The first-order valence-corrected chi connectivity index (χ1v) is 8.63. The molecule has 0 fully saturated rings. The molecule has 0 aliphatic rings. The van der Waals surface area contributed by atoms with Crippen molar-refractivity contribution in [2.45, 2.75) is 51.9 Å². The molecule has 0 heterocycles. The molecular formula is C18H31N5. The second kappa shape index (κ2) is 12.5. The number of nitrogens with two attached hydrogens (primary N) is 2. The summed E-state index contributed by atoms with van der Waals surface area (Å²) in [5, 5.41) is 2.83. The van der Waals surface area contributed by atoms with E-state index in [2.05, 4.69) is 34.4 Å². The van der Waals surface area contributed by atoms with Crippen molar-refractivity contribution in [3.63, 3.8) is 0 Å². The third-order valence-electron chi connectivity index (χ3n) is 3.58. The summed E-state index contributed by atoms with van der Waals surface area (Å²) < 4.78 is 0. The summed E-state index contributed by atoms with van der Waals surface area (Å²) in [5.41, 5.74) is 12.8. The minimum Gasteiger partial charge on any atom is -0.370 e. The van der Waals surface area contributed by atoms with Gasteiger partial charge in [0, 0.05) is 13.1 Å². The van der Waals surface area contributed by atoms with Crippen molar-refractivity contribution in [2.24, 2.45) is 21.5 Å². The van der Waals surface area contributed by atoms with E-state index >= 15 is 0 Å². The summed E-state index contributed by atoms with van der Waals surface area (Å²) in [6.07, 6.45) is 8.32. The Morgan fingerprint density at radius 1 is 0.870 bits per heavy atom. The molecule has 0 atom stereocenters. The van der Waals surface area contributed by atoms with Crippen LogP contribution in [-0.2, 0) is 6.42 Å². The molecule has 0 aromatic heterocycles. The third-order valence-corrected chi connectivity index (χ3v) is 3.58. The topological polar surface area (TPSA) is 88.8 Å². The van der Waals surface area contributed by atoms with Gasteiger partial charge >= 0.3 is 0 Å². The predicted octanol–water partition coefficient (Wildman–Crippen LogP) is 2.81. The summed E-state index contributed by atoms with van der Waals surface area (Å²) in [6.45, 7) is 3.60. The standard InChI is InChI=1S/C18H31N5/c1-2-3-4-5-6-10-14-21-17(19)23-18(20)22-15-13-16-11-8-7-9-12-16/h7-9,11-12H,2-6,10,13-15H2,1H3,(H5,19,20,21,22,23). The Bertz CT molecular complexity index is 468. The van der Waals surface area contributed by atoms with Crippen LogP contribution in [-0.4, -0.2) is 25.0 Å². The number of nitrogens with zero attached hydrogens (tertiary/aromatic N) is 2. The highest BCUT2D eigenvalue weighted by molar-refractivity contribution is 5.97. The molecule has 0 bridgehead atoms. The molecule has 23 heavy (non-hydrogen) atoms. The average molecular weight is 317 g/mol. The molecule has 1 aromatic carbocycles. The van der Waals surface area contributed by atoms with Crippen LogP contribution in [0.4, 0.5) is 0 Å². The fourth-order valence-corrected chi connectivity index (χ4v) is 2.25. The zero-order chi connectivity index (χ0) is 16.8. The smallest absolute Gasteiger partial charge is 0.195 e. The number of guanidine groups is 2. The van der Waals surface area contributed by atoms with Crippen LogP contribution in [0.2, 0.25) is 0 Å². The van der Waals surface area contributed by atoms with E-state index in [9.17, 15) is 0 Å². The summed E-state index contributed by atoms with van der Waals surface area (Å²) in [5.74, 6) is 0.671. The van der Waals surface area contributed by atoms with Crippen molar-refractivity contribution in [1.29, 1.82) is 0 Å². The first kappa shape index (κ1) is 19.0. The van der Waals surface area contributed by atoms with Crippen molar-refractivity contribution in [2.75, 3.05) is 13.1 Å². The molecule has 0 aliphatic heterocycles. The number of nitrogens with one attached hydrogen (secondary N) is 1. The quantitative estimate of drug-likeness (QED) is 0.352. The van der Waals surface area contributed by atoms with E-state index in [1.165, 1.54) is 37.7 Å². The Labute approximate surface area is 140 Å². The molecular weight excluding hydrogens is 286 g/mol. The lowest BCUT2D eigenvalue weighted by Crippen LogP contribution is -2.41. The molecule has 0 unspecified atom stereocenters. The lowest BCUT2D eigenvalue weighted by Gasteiger charge is -2.05. The molecule has 5 N–H and O–H groups in total. The number of benzene rings is 1. The van der Waals surface area contributed by atoms with E-state index in [0.29, 0.717) is 18.5 Å². The number of hydrogen-bond acceptors (Lipinski definition) is 2. The minimum atomic E-state index is 0.324. The predicted molar refractivity (Wildman–Crippen MR) is 99.6 cm³/mol. The first-order valence-electron chi connectivity index (χ1n) is 8.63. The van der Waals surface area contributed by atoms with Crippen LogP contribution in [0.1, 0.15) is 51.0 Å². The molecule has 0 radical (unpaired) electrons. The van der Waals surface area contributed by atoms with Gasteiger partial charge in [-0.15, -0.1) is 0 Å². The first-order chi connectivity index (χ1) is 11.2. The maximum Gasteiger partial charge on any atom is 0.195 e. The van der Waals surface area contributed by atoms with Gasteiger partial charge in [0.1, 0.15) is 0 Å². The van der Waals surface area contributed by atoms with E-state index in [1.807, 2.05) is 18.2 Å². The zero-order valence-corrected chi connectivity index (χ0v) is 14.3. The molecule has 1 rings (SSSR count). The van der Waals surface area contributed by atoms with Gasteiger partial charge in [-0.25, -0.2) is 0 Å². The van der Waals surface area contributed by atoms with Gasteiger partial charge in [-0.1, -0.05) is 69.4 Å². The Kier molecular flexibility index (Phi) is 10.3. The van der Waals surface area contributed by atoms with Crippen molar-refractivity contribution in [3.8, 4) is 0 Å². The van der Waals surface area contributed by atoms with E-state index < -0.39 is 0 Å². The summed E-state index contributed by atoms with van der Waals surface area (Å²) in [6, 6.07) is 10.2. The monoisotopic (exact) mass is 317 g/mol. The fourth-order valence-electron chi connectivity index (χ4n) is 2.25. The molecule has 5 nitrogen and oxygen atoms in total. The van der Waals surface area contributed by atoms with Crippen molar-refractivity contribution < 1.29 is 0 Å². The second-order valence-corrected chi connectivity index (χ2v) is 5.66. The van der Waals surface area contributed by atoms with Crippen LogP contribution in [0.15, 0.2) is 40.3 Å². The van der Waals surface area contributed by atoms with E-state index in [4.69, 9.17) is 11.5 Å². The zero-order valence-electron chi connectivity index (χ0n) is 14.3. The Balaban J connectivity index is 2.15. The number of unbranched alkanes of at least 4 members (excludes halogenated alkanes) is 5. The number of hydrogen-bond donors (Lipinski definition) is 3. The van der Waals surface area contributed by atoms with Crippen LogP contribution in [0.25, 0.3) is 0 Å². The molecule has 1 aromatic rings. The molecule has 0 aliphatic carbocycles. The Morgan fingerprint density at radius 2 is 1.48 bits per heavy atom. The van der Waals surface area contributed by atoms with Gasteiger partial charge < -0.3 is 11.5 Å². The maximum atomic E-state index is 5.80. The largest absolute Gasteiger partial charge is 0.370 e. The van der Waals surface area contributed by atoms with Crippen LogP contribution in [0.5, 0.6) is 0 Å². The van der Waals surface area contributed by atoms with Gasteiger partial charge in [0.25, 0.3) is 0 Å². The van der Waals surface area contributed by atoms with Gasteiger partial charge in [0.2, 0.25) is 0 Å². The minimum absolute atomic E-state index is 0.324. The van der Waals surface area contributed by atoms with E-state index in [-0.39, 0.29) is 0 Å². The molecule has 0 amide bonds. The number of aliphatic imine (C=N–C) groups is 2. The third kappa shape index (κ3) is 10.3. The Hall–Kier alpha value is -2.04. The van der Waals surface area contributed by atoms with Crippen LogP contribution in [0, 0.1) is 0 Å². The van der Waals surface area contributed by atoms with Crippen LogP contribution < -0.4 is 16.8 Å². The van der Waals surface area contributed by atoms with Crippen molar-refractivity contribution >= 4 is 11.9 Å². The van der Waals surface area contributed by atoms with Crippen molar-refractivity contribution in [1.82, 2.24) is 5.32 Å². The van der Waals surface area contributed by atoms with E-state index in [0.717, 1.165) is 19.4 Å². The second-order valence-electron chi connectivity index (χ2n) is 5.66. The lowest BCUT2D eigenvalue weighted by atomic mass is 10.1. The molecule has 0 saturated heterocycles. The van der Waals surface area contributed by atoms with E-state index in [1.54, 1.807) is 0 Å². The maximum absolute atomic E-state index is 5.80. The highest BCUT2D eigenvalue weighted by Crippen LogP contribution is 2.04. The van der Waals surface area contributed by atoms with Gasteiger partial charge in [0.15, 0.2) is 11.9 Å². The highest BCUT2D eigenvalue weighted by atomic mass is 15.2. The van der Waals surface area contributed by atoms with Crippen LogP contribution >= 0.6 is 0 Å². The molecule has 0 saturated carbocycles. The number of rotatable bonds is 10. The molecule has 5 heteroatoms. The van der Waals surface area contributed by atoms with Gasteiger partial charge in [0.05, 0.1) is 0 Å². The SMILES string of the molecule is CCCCCCCCN=C(N)NC(N)=NCCc1ccccc1. The molecule has 0 spiro atoms. The molecule has 128 valence electrons. The normalized spacial score (nSPS) is 12.4. The summed E-state index contributed by atoms with van der Waals surface area (Å²) in [4.78, 5) is 8.53. The fraction of sp³-hybridized carbons (Fsp3) is 0.556. The van der Waals surface area contributed by atoms with Crippen molar-refractivity contribution in [3.05, 3.63) is 35.9 Å². The van der Waals surface area contributed by atoms with Gasteiger partial charge in [-0.3, -0.25) is 15.3 Å².